The number of aliphatic carboxylic acids is 1. The number of nitrogens with zero attached hydrogens (tertiary/aromatic N) is 2. The molecule has 0 aromatic carbocycles. The quantitative estimate of drug-likeness (QED) is 0.432. The molecule has 1 fully saturated rings. The molecule has 11 heteroatoms. The molecule has 0 aliphatic carbocycles. The molecule has 0 N–H and O–H groups in total. The Balaban J connectivity index is 0.000000688. The van der Waals surface area contributed by atoms with Crippen molar-refractivity contribution >= 4 is 5.97 Å². The summed E-state index contributed by atoms with van der Waals surface area (Å²) < 4.78 is 88.7. The van der Waals surface area contributed by atoms with E-state index in [-0.39, 0.29) is 26.3 Å². The predicted molar refractivity (Wildman–Crippen MR) is 63.7 cm³/mol. The lowest BCUT2D eigenvalue weighted by Gasteiger charge is -2.29. The van der Waals surface area contributed by atoms with Crippen LogP contribution in [0.1, 0.15) is 39.5 Å². The van der Waals surface area contributed by atoms with E-state index in [0.717, 1.165) is 0 Å². The fourth-order valence-corrected chi connectivity index (χ4v) is 1.85. The third kappa shape index (κ3) is 3.54. The lowest BCUT2D eigenvalue weighted by atomic mass is 10.3. The first-order valence-electron chi connectivity index (χ1n) is 6.89. The van der Waals surface area contributed by atoms with Crippen LogP contribution in [0.15, 0.2) is 0 Å². The summed E-state index contributed by atoms with van der Waals surface area (Å²) in [4.78, 5) is 8.28. The number of hydrogen-bond donors (Lipinski definition) is 0. The molecule has 0 amide bonds. The number of likely N-dealkylation sites (N-methyl/N-ethyl adjacent to an activating group) is 1. The van der Waals surface area contributed by atoms with E-state index in [1.54, 1.807) is 6.92 Å². The second-order valence-corrected chi connectivity index (χ2v) is 5.07. The SMILES string of the molecule is CCCC(=O)[O-].CCCC[N+]1(F)C(F)(F)N(C)C(F)(F)C1(F)F. The Hall–Kier alpha value is -1.10. The van der Waals surface area contributed by atoms with Gasteiger partial charge in [-0.1, -0.05) is 26.7 Å². The molecule has 0 saturated carbocycles. The lowest BCUT2D eigenvalue weighted by molar-refractivity contribution is -1.17. The monoisotopic (exact) mass is 356 g/mol. The van der Waals surface area contributed by atoms with Crippen LogP contribution in [0.25, 0.3) is 0 Å². The van der Waals surface area contributed by atoms with Gasteiger partial charge in [-0.05, 0) is 6.42 Å². The van der Waals surface area contributed by atoms with Crippen molar-refractivity contribution in [1.82, 2.24) is 4.90 Å². The van der Waals surface area contributed by atoms with E-state index in [9.17, 15) is 40.7 Å². The topological polar surface area (TPSA) is 43.4 Å². The second kappa shape index (κ2) is 7.20. The molecule has 0 radical (unpaired) electrons. The number of hydrogen-bond acceptors (Lipinski definition) is 3. The Bertz CT molecular complexity index is 420. The van der Waals surface area contributed by atoms with E-state index in [1.165, 1.54) is 6.92 Å². The average Bonchev–Trinajstić information content (AvgIpc) is 2.48. The molecule has 1 rings (SSSR count). The molecule has 0 bridgehead atoms. The van der Waals surface area contributed by atoms with E-state index >= 15 is 0 Å². The number of alkyl halides is 6. The van der Waals surface area contributed by atoms with Crippen molar-refractivity contribution in [3.05, 3.63) is 0 Å². The van der Waals surface area contributed by atoms with Crippen LogP contribution >= 0.6 is 0 Å². The summed E-state index contributed by atoms with van der Waals surface area (Å²) in [5.41, 5.74) is 0. The van der Waals surface area contributed by atoms with Crippen LogP contribution in [0.4, 0.5) is 30.8 Å². The zero-order chi connectivity index (χ0) is 18.7. The van der Waals surface area contributed by atoms with Crippen molar-refractivity contribution in [1.29, 1.82) is 0 Å². The predicted octanol–water partition coefficient (Wildman–Crippen LogP) is 2.71. The molecule has 1 unspecified atom stereocenters. The fourth-order valence-electron chi connectivity index (χ4n) is 1.85. The van der Waals surface area contributed by atoms with Crippen molar-refractivity contribution in [2.24, 2.45) is 0 Å². The largest absolute Gasteiger partial charge is 0.550 e. The minimum absolute atomic E-state index is 0.0689. The number of carboxylic acids is 1. The van der Waals surface area contributed by atoms with Crippen molar-refractivity contribution in [3.8, 4) is 0 Å². The second-order valence-electron chi connectivity index (χ2n) is 5.07. The molecule has 1 aliphatic heterocycles. The van der Waals surface area contributed by atoms with Gasteiger partial charge in [0.05, 0.1) is 0 Å². The van der Waals surface area contributed by atoms with Gasteiger partial charge in [0.2, 0.25) is 0 Å². The highest BCUT2D eigenvalue weighted by Crippen LogP contribution is 2.59. The zero-order valence-corrected chi connectivity index (χ0v) is 12.9. The van der Waals surface area contributed by atoms with E-state index in [1.807, 2.05) is 0 Å². The maximum absolute atomic E-state index is 13.7. The first kappa shape index (κ1) is 21.9. The van der Waals surface area contributed by atoms with E-state index in [0.29, 0.717) is 6.42 Å². The van der Waals surface area contributed by atoms with Gasteiger partial charge in [0.25, 0.3) is 0 Å². The van der Waals surface area contributed by atoms with Crippen molar-refractivity contribution < 1.29 is 45.4 Å². The summed E-state index contributed by atoms with van der Waals surface area (Å²) in [6.45, 7) is 1.87. The van der Waals surface area contributed by atoms with Gasteiger partial charge >= 0.3 is 18.3 Å². The van der Waals surface area contributed by atoms with Crippen LogP contribution in [0.3, 0.4) is 0 Å². The normalized spacial score (nSPS) is 28.1. The maximum atomic E-state index is 13.7. The first-order valence-corrected chi connectivity index (χ1v) is 6.89. The minimum Gasteiger partial charge on any atom is -0.550 e. The summed E-state index contributed by atoms with van der Waals surface area (Å²) >= 11 is 0. The fraction of sp³-hybridized carbons (Fsp3) is 0.917. The Morgan fingerprint density at radius 2 is 1.57 bits per heavy atom. The van der Waals surface area contributed by atoms with Crippen LogP contribution in [-0.2, 0) is 4.79 Å². The summed E-state index contributed by atoms with van der Waals surface area (Å²) in [5, 5.41) is 9.49. The van der Waals surface area contributed by atoms with Gasteiger partial charge in [0.15, 0.2) is 0 Å². The minimum atomic E-state index is -5.49. The Labute approximate surface area is 129 Å². The molecule has 138 valence electrons. The summed E-state index contributed by atoms with van der Waals surface area (Å²) in [6.07, 6.45) is -4.35. The standard InChI is InChI=1S/C8H12F7N2.C4H8O2/c1-3-4-5-17(15)7(11,12)6(9,10)16(2)8(17,13)14;1-2-3-4(5)6/h3-5H2,1-2H3;2-3H2,1H3,(H,5,6)/q+1;/p-1. The van der Waals surface area contributed by atoms with Gasteiger partial charge in [0.1, 0.15) is 6.54 Å². The first-order chi connectivity index (χ1) is 10.2. The number of carbonyl (C=O) groups is 1. The molecular formula is C12H19F7N2O2. The smallest absolute Gasteiger partial charge is 0.513 e. The lowest BCUT2D eigenvalue weighted by Crippen LogP contribution is -2.61. The van der Waals surface area contributed by atoms with Crippen molar-refractivity contribution in [3.63, 3.8) is 0 Å². The molecule has 4 nitrogen and oxygen atoms in total. The molecule has 1 aliphatic rings. The zero-order valence-electron chi connectivity index (χ0n) is 12.9. The van der Waals surface area contributed by atoms with E-state index in [2.05, 4.69) is 0 Å². The number of carbonyl (C=O) groups excluding carboxylic acids is 1. The third-order valence-electron chi connectivity index (χ3n) is 3.33. The Morgan fingerprint density at radius 1 is 1.09 bits per heavy atom. The van der Waals surface area contributed by atoms with Crippen LogP contribution in [0, 0.1) is 0 Å². The summed E-state index contributed by atoms with van der Waals surface area (Å²) in [7, 11) is 0.0689. The highest BCUT2D eigenvalue weighted by Gasteiger charge is 2.93. The summed E-state index contributed by atoms with van der Waals surface area (Å²) in [6, 6.07) is -10.7. The van der Waals surface area contributed by atoms with Crippen molar-refractivity contribution in [2.45, 2.75) is 57.8 Å². The maximum Gasteiger partial charge on any atom is 0.513 e. The Morgan fingerprint density at radius 3 is 1.78 bits per heavy atom. The molecule has 1 heterocycles. The van der Waals surface area contributed by atoms with Gasteiger partial charge in [-0.3, -0.25) is 0 Å². The molecule has 0 spiro atoms. The molecule has 1 atom stereocenters. The molecule has 1 saturated heterocycles. The van der Waals surface area contributed by atoms with Gasteiger partial charge in [0, 0.05) is 28.6 Å². The molecule has 23 heavy (non-hydrogen) atoms. The van der Waals surface area contributed by atoms with E-state index in [4.69, 9.17) is 0 Å². The Kier molecular flexibility index (Phi) is 6.86. The highest BCUT2D eigenvalue weighted by atomic mass is 19.4. The van der Waals surface area contributed by atoms with Gasteiger partial charge in [-0.2, -0.15) is 8.78 Å². The number of carboxylic acid groups (broad SMARTS) is 1. The average molecular weight is 356 g/mol. The molecule has 0 aromatic heterocycles. The summed E-state index contributed by atoms with van der Waals surface area (Å²) in [5.74, 6) is -0.961. The van der Waals surface area contributed by atoms with E-state index < -0.39 is 40.4 Å². The van der Waals surface area contributed by atoms with Gasteiger partial charge < -0.3 is 9.90 Å². The third-order valence-corrected chi connectivity index (χ3v) is 3.33. The molecular weight excluding hydrogens is 337 g/mol. The van der Waals surface area contributed by atoms with Crippen LogP contribution in [0.5, 0.6) is 0 Å². The van der Waals surface area contributed by atoms with Crippen LogP contribution in [0.2, 0.25) is 0 Å². The highest BCUT2D eigenvalue weighted by molar-refractivity contribution is 5.63. The number of rotatable bonds is 5. The van der Waals surface area contributed by atoms with Crippen molar-refractivity contribution in [2.75, 3.05) is 13.6 Å². The molecule has 0 aromatic rings. The number of unbranched alkanes of at least 4 members (excludes halogenated alkanes) is 1. The number of quaternary nitrogens is 1. The van der Waals surface area contributed by atoms with Gasteiger partial charge in [-0.25, -0.2) is 0 Å². The van der Waals surface area contributed by atoms with Crippen LogP contribution in [-0.4, -0.2) is 47.4 Å². The van der Waals surface area contributed by atoms with Crippen LogP contribution < -0.4 is 5.11 Å². The number of halogens is 7. The van der Waals surface area contributed by atoms with Gasteiger partial charge in [-0.15, -0.1) is 22.5 Å².